The number of nitrogens with one attached hydrogen (secondary N) is 2. The lowest BCUT2D eigenvalue weighted by Crippen LogP contribution is -2.55. The largest absolute Gasteiger partial charge is 0.508 e. The van der Waals surface area contributed by atoms with Crippen molar-refractivity contribution in [2.45, 2.75) is 124 Å². The number of benzene rings is 2. The van der Waals surface area contributed by atoms with E-state index in [1.165, 1.54) is 0 Å². The van der Waals surface area contributed by atoms with E-state index >= 15 is 0 Å². The molecule has 8 heteroatoms. The van der Waals surface area contributed by atoms with Gasteiger partial charge in [-0.1, -0.05) is 75.4 Å². The molecule has 3 N–H and O–H groups in total. The van der Waals surface area contributed by atoms with Gasteiger partial charge in [-0.3, -0.25) is 9.59 Å². The third-order valence-electron chi connectivity index (χ3n) is 6.94. The summed E-state index contributed by atoms with van der Waals surface area (Å²) in [6.07, 6.45) is 5.57. The Balaban J connectivity index is 2.57. The molecular formula is C35H53N3O5. The summed E-state index contributed by atoms with van der Waals surface area (Å²) in [4.78, 5) is 43.2. The van der Waals surface area contributed by atoms with Gasteiger partial charge in [-0.2, -0.15) is 0 Å². The van der Waals surface area contributed by atoms with Crippen LogP contribution in [0.1, 0.15) is 110 Å². The van der Waals surface area contributed by atoms with Crippen molar-refractivity contribution in [2.75, 3.05) is 6.54 Å². The van der Waals surface area contributed by atoms with Gasteiger partial charge in [-0.05, 0) is 83.7 Å². The SMILES string of the molecule is CCCCCCCCN(C(=O)C(Cc1ccc(O)cc1)NC(=O)OC(C)(C)C)C(C(=O)NC(C)(C)C)c1ccccc1C. The number of hydrogen-bond acceptors (Lipinski definition) is 5. The van der Waals surface area contributed by atoms with Crippen LogP contribution in [0.25, 0.3) is 0 Å². The number of phenolic OH excluding ortho intramolecular Hbond substituents is 1. The van der Waals surface area contributed by atoms with E-state index in [0.29, 0.717) is 6.54 Å². The van der Waals surface area contributed by atoms with Gasteiger partial charge in [0.05, 0.1) is 0 Å². The van der Waals surface area contributed by atoms with Crippen molar-refractivity contribution in [1.29, 1.82) is 0 Å². The summed E-state index contributed by atoms with van der Waals surface area (Å²) in [6, 6.07) is 12.2. The summed E-state index contributed by atoms with van der Waals surface area (Å²) in [5.74, 6) is -0.540. The van der Waals surface area contributed by atoms with Crippen LogP contribution in [0.4, 0.5) is 4.79 Å². The monoisotopic (exact) mass is 595 g/mol. The maximum Gasteiger partial charge on any atom is 0.408 e. The number of ether oxygens (including phenoxy) is 1. The molecule has 2 aromatic rings. The summed E-state index contributed by atoms with van der Waals surface area (Å²) in [5, 5.41) is 15.7. The molecule has 0 spiro atoms. The minimum atomic E-state index is -1.01. The molecule has 238 valence electrons. The van der Waals surface area contributed by atoms with E-state index in [1.807, 2.05) is 52.0 Å². The van der Waals surface area contributed by atoms with Crippen LogP contribution in [-0.4, -0.2) is 51.6 Å². The number of alkyl carbamates (subject to hydrolysis) is 1. The maximum atomic E-state index is 14.6. The Hall–Kier alpha value is -3.55. The Labute approximate surface area is 258 Å². The normalized spacial score (nSPS) is 13.1. The van der Waals surface area contributed by atoms with Crippen molar-refractivity contribution in [3.63, 3.8) is 0 Å². The molecule has 0 saturated carbocycles. The molecule has 43 heavy (non-hydrogen) atoms. The molecule has 2 unspecified atom stereocenters. The molecule has 0 aliphatic heterocycles. The number of carbonyl (C=O) groups excluding carboxylic acids is 3. The lowest BCUT2D eigenvalue weighted by molar-refractivity contribution is -0.143. The van der Waals surface area contributed by atoms with Gasteiger partial charge in [0.2, 0.25) is 11.8 Å². The topological polar surface area (TPSA) is 108 Å². The van der Waals surface area contributed by atoms with Crippen molar-refractivity contribution in [3.05, 3.63) is 65.2 Å². The van der Waals surface area contributed by atoms with Crippen LogP contribution < -0.4 is 10.6 Å². The van der Waals surface area contributed by atoms with Crippen LogP contribution in [0.2, 0.25) is 0 Å². The first-order valence-electron chi connectivity index (χ1n) is 15.6. The van der Waals surface area contributed by atoms with E-state index in [-0.39, 0.29) is 24.0 Å². The molecule has 8 nitrogen and oxygen atoms in total. The van der Waals surface area contributed by atoms with Gasteiger partial charge in [-0.25, -0.2) is 4.79 Å². The second kappa shape index (κ2) is 16.3. The Morgan fingerprint density at radius 3 is 2.07 bits per heavy atom. The first kappa shape index (κ1) is 35.6. The minimum Gasteiger partial charge on any atom is -0.508 e. The fraction of sp³-hybridized carbons (Fsp3) is 0.571. The number of carbonyl (C=O) groups is 3. The standard InChI is InChI=1S/C35H53N3O5/c1-9-10-11-12-13-16-23-38(30(31(40)37-34(3,4)5)28-18-15-14-17-25(28)2)32(41)29(36-33(42)43-35(6,7)8)24-26-19-21-27(39)22-20-26/h14-15,17-22,29-30,39H,9-13,16,23-24H2,1-8H3,(H,36,42)(H,37,40). The van der Waals surface area contributed by atoms with Gasteiger partial charge in [0.15, 0.2) is 0 Å². The summed E-state index contributed by atoms with van der Waals surface area (Å²) in [7, 11) is 0. The fourth-order valence-corrected chi connectivity index (χ4v) is 4.93. The molecule has 0 aliphatic carbocycles. The molecule has 0 heterocycles. The third kappa shape index (κ3) is 12.7. The fourth-order valence-electron chi connectivity index (χ4n) is 4.93. The van der Waals surface area contributed by atoms with E-state index in [9.17, 15) is 19.5 Å². The maximum absolute atomic E-state index is 14.6. The van der Waals surface area contributed by atoms with Gasteiger partial charge >= 0.3 is 6.09 Å². The van der Waals surface area contributed by atoms with Crippen molar-refractivity contribution >= 4 is 17.9 Å². The van der Waals surface area contributed by atoms with E-state index < -0.39 is 29.3 Å². The minimum absolute atomic E-state index is 0.106. The van der Waals surface area contributed by atoms with Crippen LogP contribution in [0.3, 0.4) is 0 Å². The van der Waals surface area contributed by atoms with Crippen LogP contribution in [0.15, 0.2) is 48.5 Å². The van der Waals surface area contributed by atoms with Crippen molar-refractivity contribution in [3.8, 4) is 5.75 Å². The highest BCUT2D eigenvalue weighted by Crippen LogP contribution is 2.28. The number of amides is 3. The lowest BCUT2D eigenvalue weighted by atomic mass is 9.95. The Morgan fingerprint density at radius 1 is 0.884 bits per heavy atom. The predicted molar refractivity (Wildman–Crippen MR) is 172 cm³/mol. The zero-order valence-corrected chi connectivity index (χ0v) is 27.5. The van der Waals surface area contributed by atoms with Crippen LogP contribution >= 0.6 is 0 Å². The highest BCUT2D eigenvalue weighted by atomic mass is 16.6. The van der Waals surface area contributed by atoms with E-state index in [0.717, 1.165) is 55.2 Å². The number of phenols is 1. The van der Waals surface area contributed by atoms with Gasteiger partial charge in [0, 0.05) is 18.5 Å². The van der Waals surface area contributed by atoms with Crippen molar-refractivity contribution in [2.24, 2.45) is 0 Å². The molecule has 0 aromatic heterocycles. The summed E-state index contributed by atoms with van der Waals surface area (Å²) < 4.78 is 5.53. The van der Waals surface area contributed by atoms with Gasteiger partial charge in [0.1, 0.15) is 23.4 Å². The summed E-state index contributed by atoms with van der Waals surface area (Å²) in [6.45, 7) is 15.5. The highest BCUT2D eigenvalue weighted by molar-refractivity contribution is 5.92. The Bertz CT molecular complexity index is 1180. The molecule has 0 aliphatic rings. The number of hydrogen-bond donors (Lipinski definition) is 3. The van der Waals surface area contributed by atoms with Crippen molar-refractivity contribution < 1.29 is 24.2 Å². The van der Waals surface area contributed by atoms with Crippen LogP contribution in [0.5, 0.6) is 5.75 Å². The second-order valence-corrected chi connectivity index (χ2v) is 13.4. The van der Waals surface area contributed by atoms with Gasteiger partial charge in [-0.15, -0.1) is 0 Å². The van der Waals surface area contributed by atoms with Gasteiger partial charge < -0.3 is 25.4 Å². The van der Waals surface area contributed by atoms with E-state index in [2.05, 4.69) is 17.6 Å². The first-order chi connectivity index (χ1) is 20.1. The Morgan fingerprint density at radius 2 is 1.49 bits per heavy atom. The van der Waals surface area contributed by atoms with E-state index in [1.54, 1.807) is 49.9 Å². The van der Waals surface area contributed by atoms with Crippen LogP contribution in [-0.2, 0) is 20.7 Å². The molecule has 0 saturated heterocycles. The number of aryl methyl sites for hydroxylation is 1. The van der Waals surface area contributed by atoms with Gasteiger partial charge in [0.25, 0.3) is 0 Å². The smallest absolute Gasteiger partial charge is 0.408 e. The molecule has 3 amide bonds. The highest BCUT2D eigenvalue weighted by Gasteiger charge is 2.37. The Kier molecular flexibility index (Phi) is 13.5. The molecule has 2 atom stereocenters. The predicted octanol–water partition coefficient (Wildman–Crippen LogP) is 6.98. The van der Waals surface area contributed by atoms with Crippen molar-refractivity contribution in [1.82, 2.24) is 15.5 Å². The quantitative estimate of drug-likeness (QED) is 0.204. The number of rotatable bonds is 14. The average molecular weight is 596 g/mol. The average Bonchev–Trinajstić information content (AvgIpc) is 2.89. The molecule has 2 rings (SSSR count). The molecule has 2 aromatic carbocycles. The third-order valence-corrected chi connectivity index (χ3v) is 6.94. The molecule has 0 bridgehead atoms. The molecule has 0 fully saturated rings. The van der Waals surface area contributed by atoms with E-state index in [4.69, 9.17) is 4.74 Å². The number of unbranched alkanes of at least 4 members (excludes halogenated alkanes) is 5. The second-order valence-electron chi connectivity index (χ2n) is 13.4. The lowest BCUT2D eigenvalue weighted by Gasteiger charge is -2.36. The number of nitrogens with zero attached hydrogens (tertiary/aromatic N) is 1. The zero-order chi connectivity index (χ0) is 32.2. The first-order valence-corrected chi connectivity index (χ1v) is 15.6. The zero-order valence-electron chi connectivity index (χ0n) is 27.5. The van der Waals surface area contributed by atoms with Crippen LogP contribution in [0, 0.1) is 6.92 Å². The molecule has 0 radical (unpaired) electrons. The number of aromatic hydroxyl groups is 1. The summed E-state index contributed by atoms with van der Waals surface area (Å²) >= 11 is 0. The summed E-state index contributed by atoms with van der Waals surface area (Å²) in [5.41, 5.74) is 1.10. The molecular weight excluding hydrogens is 542 g/mol.